The van der Waals surface area contributed by atoms with Gasteiger partial charge in [-0.1, -0.05) is 18.2 Å². The zero-order valence-corrected chi connectivity index (χ0v) is 13.6. The summed E-state index contributed by atoms with van der Waals surface area (Å²) < 4.78 is 6.25. The zero-order valence-electron chi connectivity index (χ0n) is 13.6. The smallest absolute Gasteiger partial charge is 0.275 e. The molecule has 1 saturated heterocycles. The van der Waals surface area contributed by atoms with Gasteiger partial charge in [0.15, 0.2) is 11.4 Å². The highest BCUT2D eigenvalue weighted by atomic mass is 16.5. The van der Waals surface area contributed by atoms with Crippen molar-refractivity contribution in [1.29, 1.82) is 0 Å². The van der Waals surface area contributed by atoms with Gasteiger partial charge in [-0.2, -0.15) is 0 Å². The van der Waals surface area contributed by atoms with Crippen LogP contribution in [0.4, 0.5) is 0 Å². The molecule has 2 aromatic rings. The first-order valence-corrected chi connectivity index (χ1v) is 8.25. The summed E-state index contributed by atoms with van der Waals surface area (Å²) in [6.45, 7) is 1.02. The van der Waals surface area contributed by atoms with Crippen LogP contribution in [0.5, 0.6) is 5.75 Å². The highest BCUT2D eigenvalue weighted by Gasteiger charge is 2.44. The highest BCUT2D eigenvalue weighted by Crippen LogP contribution is 2.38. The van der Waals surface area contributed by atoms with Crippen LogP contribution in [0, 0.1) is 0 Å². The third kappa shape index (κ3) is 2.71. The molecule has 3 heterocycles. The number of nitrogens with zero attached hydrogens (tertiary/aromatic N) is 3. The number of fused-ring (bicyclic) bond motifs is 1. The molecule has 7 heteroatoms. The first-order chi connectivity index (χ1) is 12.1. The predicted molar refractivity (Wildman–Crippen MR) is 89.2 cm³/mol. The number of carbonyl (C=O) groups is 2. The van der Waals surface area contributed by atoms with Crippen molar-refractivity contribution in [3.8, 4) is 5.75 Å². The molecule has 1 spiro atoms. The Morgan fingerprint density at radius 1 is 1.12 bits per heavy atom. The Kier molecular flexibility index (Phi) is 3.63. The van der Waals surface area contributed by atoms with Crippen LogP contribution in [0.25, 0.3) is 0 Å². The van der Waals surface area contributed by atoms with Gasteiger partial charge in [0.1, 0.15) is 11.4 Å². The Morgan fingerprint density at radius 3 is 2.68 bits per heavy atom. The molecular formula is C18H18N4O3. The van der Waals surface area contributed by atoms with Crippen molar-refractivity contribution in [2.45, 2.75) is 24.9 Å². The molecule has 7 nitrogen and oxygen atoms in total. The number of likely N-dealkylation sites (tertiary alicyclic amines) is 1. The van der Waals surface area contributed by atoms with E-state index < -0.39 is 5.91 Å². The van der Waals surface area contributed by atoms with E-state index in [0.29, 0.717) is 13.1 Å². The van der Waals surface area contributed by atoms with Gasteiger partial charge in [0.25, 0.3) is 11.8 Å². The summed E-state index contributed by atoms with van der Waals surface area (Å²) in [4.78, 5) is 33.9. The lowest BCUT2D eigenvalue weighted by Gasteiger charge is -2.35. The van der Waals surface area contributed by atoms with Crippen molar-refractivity contribution in [2.75, 3.05) is 13.1 Å². The predicted octanol–water partition coefficient (Wildman–Crippen LogP) is 1.19. The van der Waals surface area contributed by atoms with Crippen molar-refractivity contribution in [1.82, 2.24) is 14.9 Å². The molecule has 4 rings (SSSR count). The first-order valence-electron chi connectivity index (χ1n) is 8.25. The van der Waals surface area contributed by atoms with Crippen LogP contribution < -0.4 is 10.5 Å². The van der Waals surface area contributed by atoms with Crippen molar-refractivity contribution < 1.29 is 14.3 Å². The summed E-state index contributed by atoms with van der Waals surface area (Å²) in [6.07, 6.45) is 5.27. The minimum atomic E-state index is -0.756. The van der Waals surface area contributed by atoms with E-state index in [0.717, 1.165) is 25.0 Å². The van der Waals surface area contributed by atoms with Crippen molar-refractivity contribution >= 4 is 11.8 Å². The van der Waals surface area contributed by atoms with Gasteiger partial charge in [0, 0.05) is 25.4 Å². The molecule has 1 fully saturated rings. The SMILES string of the molecule is NC(=O)c1nccnc1C(=O)N1CCC2(CCc3ccccc3O2)C1. The number of hydrogen-bond acceptors (Lipinski definition) is 5. The fourth-order valence-electron chi connectivity index (χ4n) is 3.59. The number of rotatable bonds is 2. The zero-order chi connectivity index (χ0) is 17.4. The van der Waals surface area contributed by atoms with Gasteiger partial charge in [0.2, 0.25) is 0 Å². The van der Waals surface area contributed by atoms with Crippen molar-refractivity contribution in [3.05, 3.63) is 53.6 Å². The summed E-state index contributed by atoms with van der Waals surface area (Å²) in [7, 11) is 0. The fraction of sp³-hybridized carbons (Fsp3) is 0.333. The second-order valence-electron chi connectivity index (χ2n) is 6.49. The molecule has 1 aromatic carbocycles. The molecule has 128 valence electrons. The standard InChI is InChI=1S/C18H18N4O3/c19-16(23)14-15(21-9-8-20-14)17(24)22-10-7-18(11-22)6-5-12-3-1-2-4-13(12)25-18/h1-4,8-9H,5-7,10-11H2,(H2,19,23). The number of ether oxygens (including phenoxy) is 1. The van der Waals surface area contributed by atoms with Crippen LogP contribution in [-0.4, -0.2) is 45.4 Å². The quantitative estimate of drug-likeness (QED) is 0.887. The number of carbonyl (C=O) groups excluding carboxylic acids is 2. The first kappa shape index (κ1) is 15.6. The molecule has 0 radical (unpaired) electrons. The van der Waals surface area contributed by atoms with Crippen LogP contribution >= 0.6 is 0 Å². The largest absolute Gasteiger partial charge is 0.485 e. The summed E-state index contributed by atoms with van der Waals surface area (Å²) in [5.41, 5.74) is 6.03. The molecule has 2 aliphatic rings. The van der Waals surface area contributed by atoms with Crippen LogP contribution in [0.15, 0.2) is 36.7 Å². The van der Waals surface area contributed by atoms with E-state index in [2.05, 4.69) is 16.0 Å². The minimum Gasteiger partial charge on any atom is -0.485 e. The van der Waals surface area contributed by atoms with Gasteiger partial charge < -0.3 is 15.4 Å². The third-order valence-corrected chi connectivity index (χ3v) is 4.89. The van der Waals surface area contributed by atoms with Crippen LogP contribution in [0.2, 0.25) is 0 Å². The second-order valence-corrected chi connectivity index (χ2v) is 6.49. The van der Waals surface area contributed by atoms with Gasteiger partial charge in [-0.05, 0) is 24.5 Å². The molecular weight excluding hydrogens is 320 g/mol. The number of aryl methyl sites for hydroxylation is 1. The normalized spacial score (nSPS) is 21.7. The molecule has 1 atom stereocenters. The van der Waals surface area contributed by atoms with Crippen LogP contribution in [0.3, 0.4) is 0 Å². The number of hydrogen-bond donors (Lipinski definition) is 1. The van der Waals surface area contributed by atoms with E-state index in [9.17, 15) is 9.59 Å². The van der Waals surface area contributed by atoms with E-state index in [4.69, 9.17) is 10.5 Å². The lowest BCUT2D eigenvalue weighted by molar-refractivity contribution is 0.0481. The van der Waals surface area contributed by atoms with Crippen molar-refractivity contribution in [3.63, 3.8) is 0 Å². The Balaban J connectivity index is 1.56. The van der Waals surface area contributed by atoms with Gasteiger partial charge in [-0.3, -0.25) is 9.59 Å². The second kappa shape index (κ2) is 5.84. The topological polar surface area (TPSA) is 98.4 Å². The summed E-state index contributed by atoms with van der Waals surface area (Å²) in [5.74, 6) is -0.199. The Bertz CT molecular complexity index is 854. The number of aromatic nitrogens is 2. The van der Waals surface area contributed by atoms with E-state index >= 15 is 0 Å². The average molecular weight is 338 g/mol. The molecule has 25 heavy (non-hydrogen) atoms. The Hall–Kier alpha value is -2.96. The van der Waals surface area contributed by atoms with E-state index in [-0.39, 0.29) is 22.9 Å². The summed E-state index contributed by atoms with van der Waals surface area (Å²) in [5, 5.41) is 0. The molecule has 2 amide bonds. The number of para-hydroxylation sites is 1. The molecule has 1 aromatic heterocycles. The Labute approximate surface area is 144 Å². The van der Waals surface area contributed by atoms with Crippen LogP contribution in [-0.2, 0) is 6.42 Å². The van der Waals surface area contributed by atoms with Gasteiger partial charge >= 0.3 is 0 Å². The van der Waals surface area contributed by atoms with Gasteiger partial charge in [-0.25, -0.2) is 9.97 Å². The average Bonchev–Trinajstić information content (AvgIpc) is 3.04. The lowest BCUT2D eigenvalue weighted by atomic mass is 9.90. The number of nitrogens with two attached hydrogens (primary N) is 1. The molecule has 2 aliphatic heterocycles. The van der Waals surface area contributed by atoms with Gasteiger partial charge in [0.05, 0.1) is 6.54 Å². The van der Waals surface area contributed by atoms with Crippen LogP contribution in [0.1, 0.15) is 39.4 Å². The highest BCUT2D eigenvalue weighted by molar-refractivity contribution is 6.04. The molecule has 0 bridgehead atoms. The van der Waals surface area contributed by atoms with Crippen molar-refractivity contribution in [2.24, 2.45) is 5.73 Å². The molecule has 0 aliphatic carbocycles. The fourth-order valence-corrected chi connectivity index (χ4v) is 3.59. The lowest BCUT2D eigenvalue weighted by Crippen LogP contribution is -2.43. The summed E-state index contributed by atoms with van der Waals surface area (Å²) >= 11 is 0. The van der Waals surface area contributed by atoms with E-state index in [1.807, 2.05) is 18.2 Å². The maximum absolute atomic E-state index is 12.8. The molecule has 0 saturated carbocycles. The van der Waals surface area contributed by atoms with E-state index in [1.165, 1.54) is 18.0 Å². The summed E-state index contributed by atoms with van der Waals surface area (Å²) in [6, 6.07) is 7.99. The number of amides is 2. The Morgan fingerprint density at radius 2 is 1.88 bits per heavy atom. The van der Waals surface area contributed by atoms with E-state index in [1.54, 1.807) is 4.90 Å². The monoisotopic (exact) mass is 338 g/mol. The maximum atomic E-state index is 12.8. The molecule has 1 unspecified atom stereocenters. The third-order valence-electron chi connectivity index (χ3n) is 4.89. The number of benzene rings is 1. The molecule has 2 N–H and O–H groups in total. The maximum Gasteiger partial charge on any atom is 0.275 e. The van der Waals surface area contributed by atoms with Gasteiger partial charge in [-0.15, -0.1) is 0 Å². The number of primary amides is 1. The minimum absolute atomic E-state index is 0.00302.